The van der Waals surface area contributed by atoms with Gasteiger partial charge in [0.15, 0.2) is 5.13 Å². The first-order valence-electron chi connectivity index (χ1n) is 11.9. The fourth-order valence-corrected chi connectivity index (χ4v) is 5.20. The maximum atomic E-state index is 12.0. The number of thiazole rings is 1. The van der Waals surface area contributed by atoms with Gasteiger partial charge >= 0.3 is 0 Å². The van der Waals surface area contributed by atoms with Crippen molar-refractivity contribution in [3.8, 4) is 0 Å². The van der Waals surface area contributed by atoms with Crippen LogP contribution in [0, 0.1) is 0 Å². The summed E-state index contributed by atoms with van der Waals surface area (Å²) in [5.41, 5.74) is 4.36. The van der Waals surface area contributed by atoms with Gasteiger partial charge in [0.05, 0.1) is 15.9 Å². The second-order valence-electron chi connectivity index (χ2n) is 8.65. The number of rotatable bonds is 8. The summed E-state index contributed by atoms with van der Waals surface area (Å²) in [5.74, 6) is 1.20. The molecule has 7 nitrogen and oxygen atoms in total. The highest BCUT2D eigenvalue weighted by Crippen LogP contribution is 2.29. The molecule has 1 fully saturated rings. The molecule has 0 unspecified atom stereocenters. The van der Waals surface area contributed by atoms with Crippen LogP contribution in [0.5, 0.6) is 0 Å². The normalized spacial score (nSPS) is 15.3. The molecule has 178 valence electrons. The molecular formula is C27H28N6OS. The summed E-state index contributed by atoms with van der Waals surface area (Å²) in [6, 6.07) is 18.7. The summed E-state index contributed by atoms with van der Waals surface area (Å²) >= 11 is 1.62. The van der Waals surface area contributed by atoms with Crippen molar-refractivity contribution < 1.29 is 4.79 Å². The van der Waals surface area contributed by atoms with Crippen LogP contribution in [0.25, 0.3) is 10.2 Å². The van der Waals surface area contributed by atoms with Gasteiger partial charge in [-0.05, 0) is 42.2 Å². The van der Waals surface area contributed by atoms with Crippen LogP contribution in [-0.2, 0) is 17.6 Å². The van der Waals surface area contributed by atoms with Gasteiger partial charge in [-0.1, -0.05) is 61.2 Å². The highest BCUT2D eigenvalue weighted by Gasteiger charge is 2.25. The molecule has 1 amide bonds. The van der Waals surface area contributed by atoms with Crippen LogP contribution < -0.4 is 10.6 Å². The van der Waals surface area contributed by atoms with E-state index < -0.39 is 0 Å². The molecule has 2 aromatic carbocycles. The van der Waals surface area contributed by atoms with Crippen molar-refractivity contribution in [3.63, 3.8) is 0 Å². The molecule has 0 bridgehead atoms. The van der Waals surface area contributed by atoms with Crippen molar-refractivity contribution in [2.45, 2.75) is 32.2 Å². The fourth-order valence-electron chi connectivity index (χ4n) is 4.26. The summed E-state index contributed by atoms with van der Waals surface area (Å²) in [4.78, 5) is 28.0. The number of hydrogen-bond donors (Lipinski definition) is 2. The van der Waals surface area contributed by atoms with E-state index in [2.05, 4.69) is 54.5 Å². The Kier molecular flexibility index (Phi) is 6.72. The average Bonchev–Trinajstić information content (AvgIpc) is 3.50. The van der Waals surface area contributed by atoms with Gasteiger partial charge in [-0.3, -0.25) is 4.79 Å². The number of nitrogens with one attached hydrogen (secondary N) is 2. The van der Waals surface area contributed by atoms with E-state index in [1.165, 1.54) is 17.2 Å². The van der Waals surface area contributed by atoms with E-state index in [0.717, 1.165) is 33.9 Å². The van der Waals surface area contributed by atoms with Gasteiger partial charge in [0.25, 0.3) is 0 Å². The molecule has 8 heteroatoms. The van der Waals surface area contributed by atoms with Crippen LogP contribution in [0.4, 0.5) is 16.9 Å². The highest BCUT2D eigenvalue weighted by atomic mass is 32.1. The van der Waals surface area contributed by atoms with Gasteiger partial charge in [-0.25, -0.2) is 9.97 Å². The number of carbonyl (C=O) groups excluding carboxylic acids is 1. The number of nitrogens with zero attached hydrogens (tertiary/aromatic N) is 4. The SMILES string of the molecule is C=CC(=O)N1CC[C@H](Nc2nc(Cc3ccccc3)cc(Nc3nc4ccc(CC)cc4s3)n2)C1. The molecular weight excluding hydrogens is 456 g/mol. The van der Waals surface area contributed by atoms with Crippen molar-refractivity contribution in [1.29, 1.82) is 0 Å². The third kappa shape index (κ3) is 5.49. The number of benzene rings is 2. The van der Waals surface area contributed by atoms with Gasteiger partial charge in [0, 0.05) is 31.6 Å². The third-order valence-corrected chi connectivity index (χ3v) is 7.04. The minimum Gasteiger partial charge on any atom is -0.350 e. The van der Waals surface area contributed by atoms with Gasteiger partial charge in [-0.15, -0.1) is 0 Å². The number of fused-ring (bicyclic) bond motifs is 1. The quantitative estimate of drug-likeness (QED) is 0.335. The molecule has 0 saturated carbocycles. The summed E-state index contributed by atoms with van der Waals surface area (Å²) in [7, 11) is 0. The van der Waals surface area contributed by atoms with Crippen molar-refractivity contribution in [2.75, 3.05) is 23.7 Å². The maximum absolute atomic E-state index is 12.0. The number of aryl methyl sites for hydroxylation is 1. The summed E-state index contributed by atoms with van der Waals surface area (Å²) in [6.45, 7) is 7.05. The fraction of sp³-hybridized carbons (Fsp3) is 0.259. The number of likely N-dealkylation sites (tertiary alicyclic amines) is 1. The Bertz CT molecular complexity index is 1350. The van der Waals surface area contributed by atoms with E-state index in [1.807, 2.05) is 24.3 Å². The standard InChI is InChI=1S/C27H28N6OS/c1-3-18-10-11-22-23(15-18)35-27(30-22)32-24-16-21(14-19-8-6-5-7-9-19)29-26(31-24)28-20-12-13-33(17-20)25(34)4-2/h4-11,15-16,20H,2-3,12-14,17H2,1H3,(H2,28,29,30,31,32)/t20-/m0/s1. The van der Waals surface area contributed by atoms with Gasteiger partial charge < -0.3 is 15.5 Å². The molecule has 1 saturated heterocycles. The lowest BCUT2D eigenvalue weighted by molar-refractivity contribution is -0.125. The predicted octanol–water partition coefficient (Wildman–Crippen LogP) is 5.18. The van der Waals surface area contributed by atoms with E-state index in [0.29, 0.717) is 31.3 Å². The number of hydrogen-bond acceptors (Lipinski definition) is 7. The van der Waals surface area contributed by atoms with Crippen LogP contribution in [-0.4, -0.2) is 44.9 Å². The Morgan fingerprint density at radius 2 is 2.00 bits per heavy atom. The number of amides is 1. The second-order valence-corrected chi connectivity index (χ2v) is 9.68. The largest absolute Gasteiger partial charge is 0.350 e. The maximum Gasteiger partial charge on any atom is 0.246 e. The van der Waals surface area contributed by atoms with Crippen LogP contribution >= 0.6 is 11.3 Å². The van der Waals surface area contributed by atoms with Gasteiger partial charge in [-0.2, -0.15) is 4.98 Å². The summed E-state index contributed by atoms with van der Waals surface area (Å²) in [5, 5.41) is 7.63. The topological polar surface area (TPSA) is 83.0 Å². The lowest BCUT2D eigenvalue weighted by Gasteiger charge is -2.16. The van der Waals surface area contributed by atoms with Crippen LogP contribution in [0.2, 0.25) is 0 Å². The van der Waals surface area contributed by atoms with E-state index in [4.69, 9.17) is 15.0 Å². The summed E-state index contributed by atoms with van der Waals surface area (Å²) < 4.78 is 1.15. The lowest BCUT2D eigenvalue weighted by atomic mass is 10.1. The van der Waals surface area contributed by atoms with Crippen molar-refractivity contribution >= 4 is 44.4 Å². The molecule has 0 spiro atoms. The van der Waals surface area contributed by atoms with Crippen molar-refractivity contribution in [1.82, 2.24) is 19.9 Å². The molecule has 2 aromatic heterocycles. The lowest BCUT2D eigenvalue weighted by Crippen LogP contribution is -2.30. The first kappa shape index (κ1) is 23.0. The smallest absolute Gasteiger partial charge is 0.246 e. The van der Waals surface area contributed by atoms with Crippen LogP contribution in [0.15, 0.2) is 67.3 Å². The zero-order valence-electron chi connectivity index (χ0n) is 19.7. The monoisotopic (exact) mass is 484 g/mol. The molecule has 4 aromatic rings. The number of carbonyl (C=O) groups is 1. The molecule has 35 heavy (non-hydrogen) atoms. The zero-order valence-corrected chi connectivity index (χ0v) is 20.5. The molecule has 0 radical (unpaired) electrons. The average molecular weight is 485 g/mol. The Labute approximate surface area is 209 Å². The number of aromatic nitrogens is 3. The second kappa shape index (κ2) is 10.2. The Morgan fingerprint density at radius 1 is 1.14 bits per heavy atom. The highest BCUT2D eigenvalue weighted by molar-refractivity contribution is 7.22. The van der Waals surface area contributed by atoms with Crippen LogP contribution in [0.3, 0.4) is 0 Å². The molecule has 1 atom stereocenters. The van der Waals surface area contributed by atoms with E-state index in [9.17, 15) is 4.79 Å². The molecule has 1 aliphatic rings. The third-order valence-electron chi connectivity index (χ3n) is 6.11. The van der Waals surface area contributed by atoms with E-state index in [1.54, 1.807) is 16.2 Å². The van der Waals surface area contributed by atoms with E-state index in [-0.39, 0.29) is 11.9 Å². The van der Waals surface area contributed by atoms with Crippen molar-refractivity contribution in [2.24, 2.45) is 0 Å². The Hall–Kier alpha value is -3.78. The molecule has 5 rings (SSSR count). The van der Waals surface area contributed by atoms with E-state index >= 15 is 0 Å². The zero-order chi connectivity index (χ0) is 24.2. The minimum atomic E-state index is -0.0440. The predicted molar refractivity (Wildman–Crippen MR) is 142 cm³/mol. The summed E-state index contributed by atoms with van der Waals surface area (Å²) in [6.07, 6.45) is 3.89. The van der Waals surface area contributed by atoms with Crippen LogP contribution in [0.1, 0.15) is 30.2 Å². The molecule has 1 aliphatic heterocycles. The Balaban J connectivity index is 1.40. The number of anilines is 3. The first-order chi connectivity index (χ1) is 17.1. The molecule has 2 N–H and O–H groups in total. The molecule has 3 heterocycles. The van der Waals surface area contributed by atoms with Crippen molar-refractivity contribution in [3.05, 3.63) is 84.1 Å². The molecule has 0 aliphatic carbocycles. The van der Waals surface area contributed by atoms with Gasteiger partial charge in [0.1, 0.15) is 5.82 Å². The first-order valence-corrected chi connectivity index (χ1v) is 12.7. The minimum absolute atomic E-state index is 0.0440. The Morgan fingerprint density at radius 3 is 2.80 bits per heavy atom. The van der Waals surface area contributed by atoms with Gasteiger partial charge in [0.2, 0.25) is 11.9 Å².